The van der Waals surface area contributed by atoms with Crippen molar-refractivity contribution in [3.63, 3.8) is 0 Å². The van der Waals surface area contributed by atoms with Gasteiger partial charge in [0.15, 0.2) is 10.9 Å². The number of aromatic nitrogens is 2. The molecular formula is C22H21N5OS. The maximum atomic E-state index is 13.0. The molecule has 5 rings (SSSR count). The van der Waals surface area contributed by atoms with Gasteiger partial charge in [0.2, 0.25) is 5.96 Å². The second-order valence-electron chi connectivity index (χ2n) is 8.24. The number of rotatable bonds is 2. The Kier molecular flexibility index (Phi) is 4.20. The molecule has 3 aromatic rings. The SMILES string of the molecule is CC1(C)CC(=O)C2=C(C1)NC(Nc1nc3ccccc3s1)=N[C@@H]2c1cccnc1. The van der Waals surface area contributed by atoms with Crippen LogP contribution in [0.1, 0.15) is 38.3 Å². The summed E-state index contributed by atoms with van der Waals surface area (Å²) in [5, 5.41) is 7.47. The van der Waals surface area contributed by atoms with E-state index in [0.717, 1.165) is 38.6 Å². The van der Waals surface area contributed by atoms with E-state index in [0.29, 0.717) is 12.4 Å². The van der Waals surface area contributed by atoms with Crippen LogP contribution in [-0.2, 0) is 4.79 Å². The summed E-state index contributed by atoms with van der Waals surface area (Å²) in [5.41, 5.74) is 3.49. The summed E-state index contributed by atoms with van der Waals surface area (Å²) in [6, 6.07) is 11.5. The Bertz CT molecular complexity index is 1130. The highest BCUT2D eigenvalue weighted by molar-refractivity contribution is 7.22. The highest BCUT2D eigenvalue weighted by Gasteiger charge is 2.39. The standard InChI is InChI=1S/C22H21N5OS/c1-22(2)10-15-18(16(28)11-22)19(13-6-5-9-23-12-13)26-20(24-15)27-21-25-14-7-3-4-8-17(14)29-21/h3-9,12,19H,10-11H2,1-2H3,(H2,24,25,26,27)/t19-/m1/s1. The largest absolute Gasteiger partial charge is 0.329 e. The lowest BCUT2D eigenvalue weighted by Gasteiger charge is -2.37. The molecule has 0 amide bonds. The summed E-state index contributed by atoms with van der Waals surface area (Å²) in [7, 11) is 0. The molecule has 0 fully saturated rings. The van der Waals surface area contributed by atoms with Crippen LogP contribution in [-0.4, -0.2) is 21.7 Å². The van der Waals surface area contributed by atoms with Gasteiger partial charge in [-0.1, -0.05) is 43.4 Å². The summed E-state index contributed by atoms with van der Waals surface area (Å²) in [6.07, 6.45) is 4.84. The third kappa shape index (κ3) is 3.42. The fraction of sp³-hybridized carbons (Fsp3) is 0.273. The Morgan fingerprint density at radius 2 is 2.03 bits per heavy atom. The quantitative estimate of drug-likeness (QED) is 0.661. The predicted molar refractivity (Wildman–Crippen MR) is 116 cm³/mol. The number of pyridine rings is 1. The minimum Gasteiger partial charge on any atom is -0.329 e. The summed E-state index contributed by atoms with van der Waals surface area (Å²) in [6.45, 7) is 4.25. The zero-order chi connectivity index (χ0) is 20.0. The molecule has 1 aromatic carbocycles. The monoisotopic (exact) mass is 403 g/mol. The van der Waals surface area contributed by atoms with Gasteiger partial charge in [-0.25, -0.2) is 9.98 Å². The Morgan fingerprint density at radius 3 is 2.83 bits per heavy atom. The van der Waals surface area contributed by atoms with E-state index in [1.807, 2.05) is 30.3 Å². The summed E-state index contributed by atoms with van der Waals surface area (Å²) >= 11 is 1.58. The highest BCUT2D eigenvalue weighted by atomic mass is 32.1. The number of para-hydroxylation sites is 1. The first-order valence-electron chi connectivity index (χ1n) is 9.62. The van der Waals surface area contributed by atoms with E-state index in [9.17, 15) is 4.79 Å². The van der Waals surface area contributed by atoms with Crippen molar-refractivity contribution < 1.29 is 4.79 Å². The van der Waals surface area contributed by atoms with Crippen molar-refractivity contribution in [1.29, 1.82) is 0 Å². The van der Waals surface area contributed by atoms with E-state index in [-0.39, 0.29) is 17.2 Å². The fourth-order valence-corrected chi connectivity index (χ4v) is 4.87. The second-order valence-corrected chi connectivity index (χ2v) is 9.27. The van der Waals surface area contributed by atoms with Crippen LogP contribution in [0.15, 0.2) is 65.1 Å². The van der Waals surface area contributed by atoms with Gasteiger partial charge in [-0.2, -0.15) is 0 Å². The molecule has 7 heteroatoms. The zero-order valence-corrected chi connectivity index (χ0v) is 17.1. The number of ketones is 1. The lowest BCUT2D eigenvalue weighted by Crippen LogP contribution is -2.41. The minimum absolute atomic E-state index is 0.0826. The van der Waals surface area contributed by atoms with Gasteiger partial charge >= 0.3 is 0 Å². The van der Waals surface area contributed by atoms with Gasteiger partial charge in [-0.3, -0.25) is 9.78 Å². The van der Waals surface area contributed by atoms with Crippen LogP contribution in [0.4, 0.5) is 5.13 Å². The molecule has 1 atom stereocenters. The molecule has 6 nitrogen and oxygen atoms in total. The van der Waals surface area contributed by atoms with Gasteiger partial charge in [0.05, 0.1) is 10.2 Å². The average molecular weight is 404 g/mol. The molecule has 2 N–H and O–H groups in total. The predicted octanol–water partition coefficient (Wildman–Crippen LogP) is 4.45. The Morgan fingerprint density at radius 1 is 1.17 bits per heavy atom. The number of hydrogen-bond donors (Lipinski definition) is 2. The molecule has 0 spiro atoms. The van der Waals surface area contributed by atoms with Gasteiger partial charge in [0.25, 0.3) is 0 Å². The fourth-order valence-electron chi connectivity index (χ4n) is 4.00. The normalized spacial score (nSPS) is 20.8. The van der Waals surface area contributed by atoms with Crippen LogP contribution >= 0.6 is 11.3 Å². The number of aliphatic imine (C=N–C) groups is 1. The first-order chi connectivity index (χ1) is 14.0. The van der Waals surface area contributed by atoms with E-state index < -0.39 is 0 Å². The van der Waals surface area contributed by atoms with Crippen molar-refractivity contribution in [3.05, 3.63) is 65.6 Å². The van der Waals surface area contributed by atoms with Crippen LogP contribution in [0.25, 0.3) is 10.2 Å². The summed E-state index contributed by atoms with van der Waals surface area (Å²) in [5.74, 6) is 0.766. The smallest absolute Gasteiger partial charge is 0.202 e. The number of carbonyl (C=O) groups is 1. The number of carbonyl (C=O) groups excluding carboxylic acids is 1. The summed E-state index contributed by atoms with van der Waals surface area (Å²) < 4.78 is 1.11. The zero-order valence-electron chi connectivity index (χ0n) is 16.3. The molecule has 146 valence electrons. The first kappa shape index (κ1) is 18.0. The van der Waals surface area contributed by atoms with E-state index in [1.165, 1.54) is 0 Å². The van der Waals surface area contributed by atoms with E-state index in [2.05, 4.69) is 40.5 Å². The van der Waals surface area contributed by atoms with Crippen LogP contribution in [0.3, 0.4) is 0 Å². The van der Waals surface area contributed by atoms with Crippen molar-refractivity contribution in [2.45, 2.75) is 32.7 Å². The molecule has 0 radical (unpaired) electrons. The number of nitrogens with zero attached hydrogens (tertiary/aromatic N) is 3. The number of fused-ring (bicyclic) bond motifs is 1. The maximum Gasteiger partial charge on any atom is 0.202 e. The van der Waals surface area contributed by atoms with Crippen molar-refractivity contribution in [2.75, 3.05) is 5.32 Å². The number of hydrogen-bond acceptors (Lipinski definition) is 7. The topological polar surface area (TPSA) is 79.3 Å². The van der Waals surface area contributed by atoms with Crippen molar-refractivity contribution in [3.8, 4) is 0 Å². The van der Waals surface area contributed by atoms with Crippen LogP contribution in [0.5, 0.6) is 0 Å². The molecule has 2 aromatic heterocycles. The van der Waals surface area contributed by atoms with Crippen molar-refractivity contribution >= 4 is 38.4 Å². The van der Waals surface area contributed by atoms with E-state index >= 15 is 0 Å². The molecule has 0 saturated heterocycles. The number of nitrogens with one attached hydrogen (secondary N) is 2. The second kappa shape index (κ2) is 6.77. The molecule has 0 saturated carbocycles. The Balaban J connectivity index is 1.54. The van der Waals surface area contributed by atoms with Crippen molar-refractivity contribution in [1.82, 2.24) is 15.3 Å². The number of Topliss-reactive ketones (excluding diaryl/α,β-unsaturated/α-hetero) is 1. The van der Waals surface area contributed by atoms with Crippen LogP contribution in [0.2, 0.25) is 0 Å². The molecule has 0 unspecified atom stereocenters. The molecular weight excluding hydrogens is 382 g/mol. The number of anilines is 1. The van der Waals surface area contributed by atoms with Gasteiger partial charge in [0.1, 0.15) is 6.04 Å². The van der Waals surface area contributed by atoms with E-state index in [4.69, 9.17) is 4.99 Å². The van der Waals surface area contributed by atoms with E-state index in [1.54, 1.807) is 23.7 Å². The third-order valence-electron chi connectivity index (χ3n) is 5.24. The van der Waals surface area contributed by atoms with Gasteiger partial charge < -0.3 is 10.6 Å². The maximum absolute atomic E-state index is 13.0. The molecule has 2 aliphatic rings. The van der Waals surface area contributed by atoms with Gasteiger partial charge in [-0.15, -0.1) is 0 Å². The molecule has 1 aliphatic carbocycles. The average Bonchev–Trinajstić information content (AvgIpc) is 3.09. The number of thiazole rings is 1. The lowest BCUT2D eigenvalue weighted by molar-refractivity contribution is -0.118. The third-order valence-corrected chi connectivity index (χ3v) is 6.19. The van der Waals surface area contributed by atoms with Crippen LogP contribution in [0, 0.1) is 5.41 Å². The van der Waals surface area contributed by atoms with Gasteiger partial charge in [-0.05, 0) is 35.6 Å². The molecule has 3 heterocycles. The number of allylic oxidation sites excluding steroid dienone is 1. The van der Waals surface area contributed by atoms with Crippen LogP contribution < -0.4 is 10.6 Å². The molecule has 0 bridgehead atoms. The number of benzene rings is 1. The minimum atomic E-state index is -0.361. The Labute approximate surface area is 172 Å². The van der Waals surface area contributed by atoms with Crippen molar-refractivity contribution in [2.24, 2.45) is 10.4 Å². The Hall–Kier alpha value is -3.06. The number of guanidine groups is 1. The first-order valence-corrected chi connectivity index (χ1v) is 10.4. The molecule has 29 heavy (non-hydrogen) atoms. The molecule has 1 aliphatic heterocycles. The van der Waals surface area contributed by atoms with Gasteiger partial charge in [0, 0.05) is 30.1 Å². The summed E-state index contributed by atoms with van der Waals surface area (Å²) in [4.78, 5) is 26.7. The lowest BCUT2D eigenvalue weighted by atomic mass is 9.73. The highest BCUT2D eigenvalue weighted by Crippen LogP contribution is 2.42.